The van der Waals surface area contributed by atoms with E-state index in [9.17, 15) is 4.39 Å². The number of hydrogen-bond acceptors (Lipinski definition) is 1. The summed E-state index contributed by atoms with van der Waals surface area (Å²) in [5.41, 5.74) is 5.62. The van der Waals surface area contributed by atoms with E-state index in [1.54, 1.807) is 12.1 Å². The van der Waals surface area contributed by atoms with Crippen molar-refractivity contribution in [1.82, 2.24) is 9.78 Å². The van der Waals surface area contributed by atoms with Crippen molar-refractivity contribution in [2.24, 2.45) is 5.41 Å². The predicted octanol–water partition coefficient (Wildman–Crippen LogP) is 5.69. The van der Waals surface area contributed by atoms with Gasteiger partial charge in [-0.05, 0) is 54.8 Å². The summed E-state index contributed by atoms with van der Waals surface area (Å²) < 4.78 is 15.1. The molecule has 1 atom stereocenters. The van der Waals surface area contributed by atoms with E-state index in [2.05, 4.69) is 61.4 Å². The number of allylic oxidation sites excluding steroid dienone is 2. The fourth-order valence-corrected chi connectivity index (χ4v) is 3.41. The normalized spacial score (nSPS) is 19.4. The van der Waals surface area contributed by atoms with Gasteiger partial charge in [0.2, 0.25) is 0 Å². The summed E-state index contributed by atoms with van der Waals surface area (Å²) in [7, 11) is 0. The second-order valence-electron chi connectivity index (χ2n) is 7.11. The second-order valence-corrected chi connectivity index (χ2v) is 7.11. The highest BCUT2D eigenvalue weighted by atomic mass is 19.1. The summed E-state index contributed by atoms with van der Waals surface area (Å²) in [5.74, 6) is -0.236. The Balaban J connectivity index is 1.67. The highest BCUT2D eigenvalue weighted by Crippen LogP contribution is 2.40. The average Bonchev–Trinajstić information content (AvgIpc) is 3.04. The van der Waals surface area contributed by atoms with Crippen LogP contribution in [0.4, 0.5) is 4.39 Å². The zero-order valence-corrected chi connectivity index (χ0v) is 15.0. The monoisotopic (exact) mass is 344 g/mol. The minimum atomic E-state index is -0.236. The van der Waals surface area contributed by atoms with Gasteiger partial charge in [-0.2, -0.15) is 5.10 Å². The maximum Gasteiger partial charge on any atom is 0.123 e. The number of hydrogen-bond donors (Lipinski definition) is 0. The lowest BCUT2D eigenvalue weighted by atomic mass is 9.73. The summed E-state index contributed by atoms with van der Waals surface area (Å²) in [6.07, 6.45) is 9.50. The first-order valence-corrected chi connectivity index (χ1v) is 8.81. The quantitative estimate of drug-likeness (QED) is 0.597. The molecule has 0 saturated heterocycles. The Bertz CT molecular complexity index is 981. The highest BCUT2D eigenvalue weighted by molar-refractivity contribution is 5.63. The Hall–Kier alpha value is -2.94. The van der Waals surface area contributed by atoms with E-state index in [1.165, 1.54) is 28.8 Å². The first kappa shape index (κ1) is 16.5. The lowest BCUT2D eigenvalue weighted by Gasteiger charge is -2.31. The topological polar surface area (TPSA) is 17.8 Å². The smallest absolute Gasteiger partial charge is 0.123 e. The van der Waals surface area contributed by atoms with Crippen LogP contribution in [0.3, 0.4) is 0 Å². The fraction of sp³-hybridized carbons (Fsp3) is 0.174. The molecule has 3 aromatic rings. The number of fused-ring (bicyclic) bond motifs is 1. The Morgan fingerprint density at radius 2 is 1.81 bits per heavy atom. The van der Waals surface area contributed by atoms with Gasteiger partial charge in [0.05, 0.1) is 17.6 Å². The maximum absolute atomic E-state index is 13.2. The van der Waals surface area contributed by atoms with Gasteiger partial charge in [0.1, 0.15) is 5.82 Å². The third kappa shape index (κ3) is 3.01. The van der Waals surface area contributed by atoms with Crippen LogP contribution in [0, 0.1) is 11.2 Å². The van der Waals surface area contributed by atoms with Crippen LogP contribution in [-0.4, -0.2) is 9.78 Å². The summed E-state index contributed by atoms with van der Waals surface area (Å²) in [5, 5.41) is 4.54. The van der Waals surface area contributed by atoms with E-state index in [0.717, 1.165) is 17.8 Å². The van der Waals surface area contributed by atoms with Crippen molar-refractivity contribution in [1.29, 1.82) is 0 Å². The van der Waals surface area contributed by atoms with E-state index in [1.807, 2.05) is 16.9 Å². The SMILES string of the molecule is CC1=Cc2c(cnn2-c2ccc(F)cc2)C[C@]1(C)/C=C/c1ccccc1. The lowest BCUT2D eigenvalue weighted by Crippen LogP contribution is -2.22. The van der Waals surface area contributed by atoms with Crippen molar-refractivity contribution < 1.29 is 4.39 Å². The highest BCUT2D eigenvalue weighted by Gasteiger charge is 2.30. The Morgan fingerprint density at radius 1 is 1.08 bits per heavy atom. The van der Waals surface area contributed by atoms with Crippen LogP contribution in [0.1, 0.15) is 30.7 Å². The van der Waals surface area contributed by atoms with Crippen LogP contribution in [0.15, 0.2) is 72.4 Å². The molecular weight excluding hydrogens is 323 g/mol. The van der Waals surface area contributed by atoms with Crippen molar-refractivity contribution in [3.8, 4) is 5.69 Å². The first-order chi connectivity index (χ1) is 12.5. The first-order valence-electron chi connectivity index (χ1n) is 8.81. The molecule has 130 valence electrons. The standard InChI is InChI=1S/C23H21FN2/c1-17-14-22-19(16-25-26(22)21-10-8-20(24)9-11-21)15-23(17,2)13-12-18-6-4-3-5-7-18/h3-14,16H,15H2,1-2H3/b13-12+/t23-/m0/s1. The van der Waals surface area contributed by atoms with E-state index in [0.29, 0.717) is 0 Å². The van der Waals surface area contributed by atoms with Gasteiger partial charge < -0.3 is 0 Å². The summed E-state index contributed by atoms with van der Waals surface area (Å²) in [6, 6.07) is 16.8. The van der Waals surface area contributed by atoms with E-state index >= 15 is 0 Å². The molecule has 2 aromatic carbocycles. The minimum absolute atomic E-state index is 0.0422. The molecule has 1 aromatic heterocycles. The van der Waals surface area contributed by atoms with Crippen LogP contribution in [0.2, 0.25) is 0 Å². The van der Waals surface area contributed by atoms with Crippen LogP contribution in [0.25, 0.3) is 17.8 Å². The van der Waals surface area contributed by atoms with Gasteiger partial charge in [-0.25, -0.2) is 9.07 Å². The molecule has 0 amide bonds. The molecule has 0 unspecified atom stereocenters. The largest absolute Gasteiger partial charge is 0.233 e. The third-order valence-electron chi connectivity index (χ3n) is 5.21. The second kappa shape index (κ2) is 6.41. The summed E-state index contributed by atoms with van der Waals surface area (Å²) in [6.45, 7) is 4.43. The summed E-state index contributed by atoms with van der Waals surface area (Å²) >= 11 is 0. The molecule has 1 heterocycles. The molecule has 3 heteroatoms. The molecule has 1 aliphatic rings. The number of halogens is 1. The van der Waals surface area contributed by atoms with E-state index in [4.69, 9.17) is 0 Å². The molecule has 4 rings (SSSR count). The summed E-state index contributed by atoms with van der Waals surface area (Å²) in [4.78, 5) is 0. The van der Waals surface area contributed by atoms with Crippen LogP contribution in [0.5, 0.6) is 0 Å². The Morgan fingerprint density at radius 3 is 2.54 bits per heavy atom. The van der Waals surface area contributed by atoms with Gasteiger partial charge in [-0.3, -0.25) is 0 Å². The maximum atomic E-state index is 13.2. The van der Waals surface area contributed by atoms with Gasteiger partial charge in [-0.1, -0.05) is 55.0 Å². The number of benzene rings is 2. The zero-order chi connectivity index (χ0) is 18.1. The van der Waals surface area contributed by atoms with Crippen molar-refractivity contribution in [3.05, 3.63) is 95.1 Å². The molecule has 0 fully saturated rings. The third-order valence-corrected chi connectivity index (χ3v) is 5.21. The van der Waals surface area contributed by atoms with Crippen molar-refractivity contribution in [2.45, 2.75) is 20.3 Å². The molecule has 0 aliphatic heterocycles. The van der Waals surface area contributed by atoms with Gasteiger partial charge in [-0.15, -0.1) is 0 Å². The van der Waals surface area contributed by atoms with Crippen LogP contribution in [-0.2, 0) is 6.42 Å². The zero-order valence-electron chi connectivity index (χ0n) is 15.0. The predicted molar refractivity (Wildman–Crippen MR) is 104 cm³/mol. The molecule has 1 aliphatic carbocycles. The lowest BCUT2D eigenvalue weighted by molar-refractivity contribution is 0.509. The minimum Gasteiger partial charge on any atom is -0.233 e. The Labute approximate surface area is 153 Å². The fourth-order valence-electron chi connectivity index (χ4n) is 3.41. The van der Waals surface area contributed by atoms with Gasteiger partial charge >= 0.3 is 0 Å². The van der Waals surface area contributed by atoms with Gasteiger partial charge in [0.15, 0.2) is 0 Å². The van der Waals surface area contributed by atoms with Crippen molar-refractivity contribution in [2.75, 3.05) is 0 Å². The molecular formula is C23H21FN2. The van der Waals surface area contributed by atoms with Crippen molar-refractivity contribution >= 4 is 12.2 Å². The molecule has 0 bridgehead atoms. The van der Waals surface area contributed by atoms with Gasteiger partial charge in [0, 0.05) is 5.41 Å². The molecule has 2 nitrogen and oxygen atoms in total. The van der Waals surface area contributed by atoms with Gasteiger partial charge in [0.25, 0.3) is 0 Å². The van der Waals surface area contributed by atoms with E-state index < -0.39 is 0 Å². The van der Waals surface area contributed by atoms with Crippen LogP contribution < -0.4 is 0 Å². The molecule has 0 saturated carbocycles. The number of aromatic nitrogens is 2. The van der Waals surface area contributed by atoms with E-state index in [-0.39, 0.29) is 11.2 Å². The molecule has 0 spiro atoms. The number of nitrogens with zero attached hydrogens (tertiary/aromatic N) is 2. The number of rotatable bonds is 3. The average molecular weight is 344 g/mol. The van der Waals surface area contributed by atoms with Crippen LogP contribution >= 0.6 is 0 Å². The van der Waals surface area contributed by atoms with Crippen molar-refractivity contribution in [3.63, 3.8) is 0 Å². The molecule has 26 heavy (non-hydrogen) atoms. The molecule has 0 N–H and O–H groups in total. The Kier molecular flexibility index (Phi) is 4.08. The molecule has 0 radical (unpaired) electrons.